The van der Waals surface area contributed by atoms with Gasteiger partial charge in [0.25, 0.3) is 0 Å². The minimum atomic E-state index is -0.588. The van der Waals surface area contributed by atoms with Crippen LogP contribution in [-0.4, -0.2) is 11.1 Å². The van der Waals surface area contributed by atoms with Crippen molar-refractivity contribution < 1.29 is 9.90 Å². The molecular formula is C16H28O2. The summed E-state index contributed by atoms with van der Waals surface area (Å²) in [4.78, 5) is 11.1. The minimum Gasteiger partial charge on any atom is -0.481 e. The summed E-state index contributed by atoms with van der Waals surface area (Å²) in [6.07, 6.45) is 8.97. The molecule has 2 nitrogen and oxygen atoms in total. The third-order valence-electron chi connectivity index (χ3n) is 5.94. The molecule has 0 bridgehead atoms. The molecule has 2 saturated carbocycles. The van der Waals surface area contributed by atoms with Crippen molar-refractivity contribution >= 4 is 5.97 Å². The molecule has 0 aliphatic heterocycles. The molecule has 0 spiro atoms. The van der Waals surface area contributed by atoms with Crippen molar-refractivity contribution in [3.05, 3.63) is 0 Å². The Kier molecular flexibility index (Phi) is 3.75. The SMILES string of the molecule is CCC(C)(C)C1CCC(CC(=O)O)(C2CC2)CC1. The number of hydrogen-bond acceptors (Lipinski definition) is 1. The zero-order valence-corrected chi connectivity index (χ0v) is 12.2. The summed E-state index contributed by atoms with van der Waals surface area (Å²) in [6.45, 7) is 7.03. The smallest absolute Gasteiger partial charge is 0.303 e. The van der Waals surface area contributed by atoms with Crippen LogP contribution in [0.4, 0.5) is 0 Å². The summed E-state index contributed by atoms with van der Waals surface area (Å²) >= 11 is 0. The molecule has 0 aromatic carbocycles. The van der Waals surface area contributed by atoms with Crippen LogP contribution in [-0.2, 0) is 4.79 Å². The summed E-state index contributed by atoms with van der Waals surface area (Å²) in [5.74, 6) is 0.928. The first kappa shape index (κ1) is 13.9. The monoisotopic (exact) mass is 252 g/mol. The van der Waals surface area contributed by atoms with Crippen LogP contribution in [0.25, 0.3) is 0 Å². The van der Waals surface area contributed by atoms with Crippen LogP contribution >= 0.6 is 0 Å². The molecule has 0 atom stereocenters. The van der Waals surface area contributed by atoms with E-state index in [1.165, 1.54) is 32.1 Å². The van der Waals surface area contributed by atoms with E-state index >= 15 is 0 Å². The van der Waals surface area contributed by atoms with Crippen LogP contribution in [0.15, 0.2) is 0 Å². The van der Waals surface area contributed by atoms with Crippen molar-refractivity contribution in [3.63, 3.8) is 0 Å². The highest BCUT2D eigenvalue weighted by atomic mass is 16.4. The van der Waals surface area contributed by atoms with Crippen LogP contribution in [0.1, 0.15) is 72.1 Å². The molecule has 2 aliphatic rings. The number of carboxylic acid groups (broad SMARTS) is 1. The van der Waals surface area contributed by atoms with Crippen LogP contribution in [0.3, 0.4) is 0 Å². The summed E-state index contributed by atoms with van der Waals surface area (Å²) in [5, 5.41) is 9.18. The molecule has 0 saturated heterocycles. The highest BCUT2D eigenvalue weighted by Crippen LogP contribution is 2.58. The normalized spacial score (nSPS) is 33.4. The lowest BCUT2D eigenvalue weighted by Gasteiger charge is -2.45. The average molecular weight is 252 g/mol. The van der Waals surface area contributed by atoms with Gasteiger partial charge in [-0.3, -0.25) is 4.79 Å². The number of rotatable bonds is 5. The van der Waals surface area contributed by atoms with Gasteiger partial charge in [-0.15, -0.1) is 0 Å². The number of carbonyl (C=O) groups is 1. The van der Waals surface area contributed by atoms with E-state index < -0.39 is 5.97 Å². The maximum Gasteiger partial charge on any atom is 0.303 e. The third kappa shape index (κ3) is 2.73. The molecule has 0 aromatic rings. The molecule has 0 amide bonds. The van der Waals surface area contributed by atoms with E-state index in [1.807, 2.05) is 0 Å². The van der Waals surface area contributed by atoms with Crippen LogP contribution in [0.2, 0.25) is 0 Å². The molecule has 2 rings (SSSR count). The van der Waals surface area contributed by atoms with Crippen LogP contribution < -0.4 is 0 Å². The Bertz CT molecular complexity index is 307. The summed E-state index contributed by atoms with van der Waals surface area (Å²) in [5.41, 5.74) is 0.588. The lowest BCUT2D eigenvalue weighted by atomic mass is 9.60. The fourth-order valence-corrected chi connectivity index (χ4v) is 3.99. The molecule has 0 aromatic heterocycles. The Balaban J connectivity index is 2.00. The highest BCUT2D eigenvalue weighted by molar-refractivity contribution is 5.67. The van der Waals surface area contributed by atoms with Gasteiger partial charge in [0, 0.05) is 0 Å². The van der Waals surface area contributed by atoms with E-state index in [9.17, 15) is 9.90 Å². The average Bonchev–Trinajstić information content (AvgIpc) is 3.13. The van der Waals surface area contributed by atoms with Gasteiger partial charge in [0.05, 0.1) is 6.42 Å². The van der Waals surface area contributed by atoms with Crippen molar-refractivity contribution in [1.82, 2.24) is 0 Å². The molecule has 2 aliphatic carbocycles. The van der Waals surface area contributed by atoms with E-state index in [0.717, 1.165) is 24.7 Å². The molecule has 18 heavy (non-hydrogen) atoms. The number of hydrogen-bond donors (Lipinski definition) is 1. The van der Waals surface area contributed by atoms with Gasteiger partial charge in [-0.25, -0.2) is 0 Å². The Morgan fingerprint density at radius 3 is 2.17 bits per heavy atom. The molecule has 1 N–H and O–H groups in total. The second-order valence-corrected chi connectivity index (χ2v) is 7.32. The van der Waals surface area contributed by atoms with Gasteiger partial charge in [0.1, 0.15) is 0 Å². The maximum absolute atomic E-state index is 11.1. The molecule has 2 fully saturated rings. The van der Waals surface area contributed by atoms with Gasteiger partial charge < -0.3 is 5.11 Å². The molecule has 0 radical (unpaired) electrons. The highest BCUT2D eigenvalue weighted by Gasteiger charge is 2.49. The quantitative estimate of drug-likeness (QED) is 0.783. The van der Waals surface area contributed by atoms with Crippen molar-refractivity contribution in [2.45, 2.75) is 72.1 Å². The standard InChI is InChI=1S/C16H28O2/c1-4-15(2,3)12-7-9-16(10-8-12,11-14(17)18)13-5-6-13/h12-13H,4-11H2,1-3H3,(H,17,18). The Morgan fingerprint density at radius 2 is 1.78 bits per heavy atom. The van der Waals surface area contributed by atoms with Gasteiger partial charge in [0.2, 0.25) is 0 Å². The van der Waals surface area contributed by atoms with Gasteiger partial charge in [0.15, 0.2) is 0 Å². The molecule has 0 unspecified atom stereocenters. The first-order valence-electron chi connectivity index (χ1n) is 7.61. The number of carboxylic acids is 1. The van der Waals surface area contributed by atoms with E-state index in [4.69, 9.17) is 0 Å². The molecule has 104 valence electrons. The summed E-state index contributed by atoms with van der Waals surface area (Å²) < 4.78 is 0. The van der Waals surface area contributed by atoms with Gasteiger partial charge in [-0.05, 0) is 61.2 Å². The molecule has 0 heterocycles. The van der Waals surface area contributed by atoms with E-state index in [2.05, 4.69) is 20.8 Å². The minimum absolute atomic E-state index is 0.159. The fraction of sp³-hybridized carbons (Fsp3) is 0.938. The van der Waals surface area contributed by atoms with Crippen LogP contribution in [0.5, 0.6) is 0 Å². The lowest BCUT2D eigenvalue weighted by molar-refractivity contribution is -0.141. The predicted molar refractivity (Wildman–Crippen MR) is 73.4 cm³/mol. The Hall–Kier alpha value is -0.530. The predicted octanol–water partition coefficient (Wildman–Crippen LogP) is 4.48. The van der Waals surface area contributed by atoms with Gasteiger partial charge >= 0.3 is 5.97 Å². The fourth-order valence-electron chi connectivity index (χ4n) is 3.99. The summed E-state index contributed by atoms with van der Waals surface area (Å²) in [7, 11) is 0. The Morgan fingerprint density at radius 1 is 1.22 bits per heavy atom. The molecular weight excluding hydrogens is 224 g/mol. The zero-order chi connectivity index (χ0) is 13.4. The topological polar surface area (TPSA) is 37.3 Å². The maximum atomic E-state index is 11.1. The Labute approximate surface area is 111 Å². The first-order valence-corrected chi connectivity index (χ1v) is 7.61. The van der Waals surface area contributed by atoms with E-state index in [1.54, 1.807) is 0 Å². The first-order chi connectivity index (χ1) is 8.39. The van der Waals surface area contributed by atoms with E-state index in [-0.39, 0.29) is 5.41 Å². The zero-order valence-electron chi connectivity index (χ0n) is 12.2. The number of aliphatic carboxylic acids is 1. The molecule has 2 heteroatoms. The van der Waals surface area contributed by atoms with Crippen molar-refractivity contribution in [2.75, 3.05) is 0 Å². The lowest BCUT2D eigenvalue weighted by Crippen LogP contribution is -2.36. The second-order valence-electron chi connectivity index (χ2n) is 7.32. The second kappa shape index (κ2) is 4.86. The van der Waals surface area contributed by atoms with Crippen molar-refractivity contribution in [3.8, 4) is 0 Å². The largest absolute Gasteiger partial charge is 0.481 e. The van der Waals surface area contributed by atoms with Crippen LogP contribution in [0, 0.1) is 22.7 Å². The van der Waals surface area contributed by atoms with E-state index in [0.29, 0.717) is 11.8 Å². The van der Waals surface area contributed by atoms with Crippen molar-refractivity contribution in [1.29, 1.82) is 0 Å². The summed E-state index contributed by atoms with van der Waals surface area (Å²) in [6, 6.07) is 0. The third-order valence-corrected chi connectivity index (χ3v) is 5.94. The van der Waals surface area contributed by atoms with Gasteiger partial charge in [-0.2, -0.15) is 0 Å². The van der Waals surface area contributed by atoms with Gasteiger partial charge in [-0.1, -0.05) is 27.2 Å². The van der Waals surface area contributed by atoms with Crippen molar-refractivity contribution in [2.24, 2.45) is 22.7 Å².